The van der Waals surface area contributed by atoms with E-state index in [1.165, 1.54) is 31.9 Å². The molecule has 0 saturated carbocycles. The van der Waals surface area contributed by atoms with Crippen molar-refractivity contribution in [2.45, 2.75) is 39.8 Å². The minimum atomic E-state index is 0.337. The third-order valence-corrected chi connectivity index (χ3v) is 5.28. The number of likely N-dealkylation sites (N-methyl/N-ethyl adjacent to an activating group) is 1. The summed E-state index contributed by atoms with van der Waals surface area (Å²) in [5.41, 5.74) is 1.18. The molecular weight excluding hydrogens is 280 g/mol. The van der Waals surface area contributed by atoms with Gasteiger partial charge in [-0.15, -0.1) is 11.3 Å². The summed E-state index contributed by atoms with van der Waals surface area (Å²) >= 11 is 1.73. The van der Waals surface area contributed by atoms with Gasteiger partial charge in [-0.2, -0.15) is 0 Å². The van der Waals surface area contributed by atoms with Gasteiger partial charge in [-0.25, -0.2) is 4.98 Å². The van der Waals surface area contributed by atoms with Crippen molar-refractivity contribution in [3.63, 3.8) is 0 Å². The molecule has 1 aliphatic heterocycles. The monoisotopic (exact) mass is 310 g/mol. The van der Waals surface area contributed by atoms with Crippen molar-refractivity contribution in [1.29, 1.82) is 0 Å². The molecule has 1 N–H and O–H groups in total. The summed E-state index contributed by atoms with van der Waals surface area (Å²) in [7, 11) is 2.21. The van der Waals surface area contributed by atoms with Crippen LogP contribution >= 0.6 is 11.3 Å². The van der Waals surface area contributed by atoms with Gasteiger partial charge in [0.1, 0.15) is 0 Å². The van der Waals surface area contributed by atoms with Crippen LogP contribution in [0.15, 0.2) is 5.38 Å². The van der Waals surface area contributed by atoms with Crippen LogP contribution in [0.5, 0.6) is 0 Å². The Balaban J connectivity index is 1.88. The molecule has 1 saturated heterocycles. The molecule has 120 valence electrons. The zero-order valence-electron chi connectivity index (χ0n) is 14.1. The topological polar surface area (TPSA) is 31.4 Å². The molecule has 2 atom stereocenters. The van der Waals surface area contributed by atoms with Gasteiger partial charge in [0.25, 0.3) is 0 Å². The fourth-order valence-electron chi connectivity index (χ4n) is 2.92. The number of hydrogen-bond donors (Lipinski definition) is 1. The second kappa shape index (κ2) is 7.68. The molecule has 0 aromatic carbocycles. The van der Waals surface area contributed by atoms with Crippen molar-refractivity contribution in [2.75, 3.05) is 39.8 Å². The Morgan fingerprint density at radius 1 is 1.24 bits per heavy atom. The molecule has 1 aromatic rings. The number of nitrogens with one attached hydrogen (secondary N) is 1. The molecule has 2 unspecified atom stereocenters. The first-order chi connectivity index (χ1) is 9.97. The lowest BCUT2D eigenvalue weighted by atomic mass is 10.0. The zero-order valence-corrected chi connectivity index (χ0v) is 14.9. The Bertz CT molecular complexity index is 424. The summed E-state index contributed by atoms with van der Waals surface area (Å²) in [5.74, 6) is 0.672. The van der Waals surface area contributed by atoms with Crippen LogP contribution in [-0.4, -0.2) is 60.6 Å². The van der Waals surface area contributed by atoms with E-state index in [1.807, 2.05) is 0 Å². The molecule has 0 bridgehead atoms. The standard InChI is InChI=1S/C16H30N4S/c1-12(2)16(20-8-6-19(5)7-9-20)10-17-13(3)15-11-21-14(4)18-15/h11-13,16-17H,6-10H2,1-5H3. The predicted molar refractivity (Wildman–Crippen MR) is 91.0 cm³/mol. The van der Waals surface area contributed by atoms with E-state index in [9.17, 15) is 0 Å². The van der Waals surface area contributed by atoms with E-state index in [4.69, 9.17) is 0 Å². The molecule has 0 amide bonds. The highest BCUT2D eigenvalue weighted by Crippen LogP contribution is 2.18. The minimum Gasteiger partial charge on any atom is -0.307 e. The molecule has 4 nitrogen and oxygen atoms in total. The van der Waals surface area contributed by atoms with Crippen molar-refractivity contribution in [2.24, 2.45) is 5.92 Å². The molecular formula is C16H30N4S. The van der Waals surface area contributed by atoms with Crippen molar-refractivity contribution < 1.29 is 0 Å². The third-order valence-electron chi connectivity index (χ3n) is 4.49. The van der Waals surface area contributed by atoms with Crippen molar-refractivity contribution in [1.82, 2.24) is 20.1 Å². The Labute approximate surface area is 133 Å². The highest BCUT2D eigenvalue weighted by atomic mass is 32.1. The Morgan fingerprint density at radius 2 is 1.90 bits per heavy atom. The fourth-order valence-corrected chi connectivity index (χ4v) is 3.63. The maximum absolute atomic E-state index is 4.59. The molecule has 21 heavy (non-hydrogen) atoms. The quantitative estimate of drug-likeness (QED) is 0.874. The summed E-state index contributed by atoms with van der Waals surface area (Å²) in [5, 5.41) is 7.02. The highest BCUT2D eigenvalue weighted by Gasteiger charge is 2.25. The Morgan fingerprint density at radius 3 is 2.43 bits per heavy atom. The van der Waals surface area contributed by atoms with Crippen molar-refractivity contribution in [3.05, 3.63) is 16.1 Å². The maximum Gasteiger partial charge on any atom is 0.0898 e. The maximum atomic E-state index is 4.59. The lowest BCUT2D eigenvalue weighted by molar-refractivity contribution is 0.0862. The fraction of sp³-hybridized carbons (Fsp3) is 0.812. The van der Waals surface area contributed by atoms with E-state index in [-0.39, 0.29) is 0 Å². The summed E-state index contributed by atoms with van der Waals surface area (Å²) in [6.45, 7) is 14.7. The summed E-state index contributed by atoms with van der Waals surface area (Å²) < 4.78 is 0. The number of nitrogens with zero attached hydrogens (tertiary/aromatic N) is 3. The normalized spacial score (nSPS) is 20.9. The number of aromatic nitrogens is 1. The second-order valence-corrected chi connectivity index (χ2v) is 7.63. The van der Waals surface area contributed by atoms with Gasteiger partial charge in [0.2, 0.25) is 0 Å². The van der Waals surface area contributed by atoms with Crippen molar-refractivity contribution in [3.8, 4) is 0 Å². The van der Waals surface area contributed by atoms with Gasteiger partial charge in [-0.3, -0.25) is 4.90 Å². The lowest BCUT2D eigenvalue weighted by Crippen LogP contribution is -2.53. The van der Waals surface area contributed by atoms with Crippen LogP contribution in [0.4, 0.5) is 0 Å². The molecule has 1 fully saturated rings. The van der Waals surface area contributed by atoms with Crippen LogP contribution < -0.4 is 5.32 Å². The van der Waals surface area contributed by atoms with Gasteiger partial charge >= 0.3 is 0 Å². The van der Waals surface area contributed by atoms with Crippen LogP contribution in [0, 0.1) is 12.8 Å². The molecule has 5 heteroatoms. The molecule has 1 aromatic heterocycles. The van der Waals surface area contributed by atoms with Crippen LogP contribution in [0.2, 0.25) is 0 Å². The van der Waals surface area contributed by atoms with E-state index in [0.29, 0.717) is 18.0 Å². The molecule has 0 aliphatic carbocycles. The molecule has 1 aliphatic rings. The first-order valence-electron chi connectivity index (χ1n) is 8.05. The molecule has 0 radical (unpaired) electrons. The van der Waals surface area contributed by atoms with E-state index in [2.05, 4.69) is 60.2 Å². The summed E-state index contributed by atoms with van der Waals surface area (Å²) in [6.07, 6.45) is 0. The number of piperazine rings is 1. The molecule has 2 rings (SSSR count). The molecule has 2 heterocycles. The van der Waals surface area contributed by atoms with Gasteiger partial charge in [0.05, 0.1) is 10.7 Å². The van der Waals surface area contributed by atoms with Crippen LogP contribution in [0.25, 0.3) is 0 Å². The largest absolute Gasteiger partial charge is 0.307 e. The Hall–Kier alpha value is -0.490. The van der Waals surface area contributed by atoms with Gasteiger partial charge in [0, 0.05) is 50.2 Å². The lowest BCUT2D eigenvalue weighted by Gasteiger charge is -2.40. The molecule has 0 spiro atoms. The third kappa shape index (κ3) is 4.74. The van der Waals surface area contributed by atoms with Crippen LogP contribution in [0.1, 0.15) is 37.5 Å². The van der Waals surface area contributed by atoms with E-state index in [1.54, 1.807) is 11.3 Å². The Kier molecular flexibility index (Phi) is 6.17. The van der Waals surface area contributed by atoms with E-state index >= 15 is 0 Å². The number of hydrogen-bond acceptors (Lipinski definition) is 5. The number of thiazole rings is 1. The van der Waals surface area contributed by atoms with Gasteiger partial charge < -0.3 is 10.2 Å². The average Bonchev–Trinajstić information content (AvgIpc) is 2.87. The van der Waals surface area contributed by atoms with Gasteiger partial charge in [0.15, 0.2) is 0 Å². The van der Waals surface area contributed by atoms with E-state index in [0.717, 1.165) is 11.6 Å². The highest BCUT2D eigenvalue weighted by molar-refractivity contribution is 7.09. The van der Waals surface area contributed by atoms with Gasteiger partial charge in [-0.1, -0.05) is 13.8 Å². The second-order valence-electron chi connectivity index (χ2n) is 6.57. The first-order valence-corrected chi connectivity index (χ1v) is 8.93. The number of rotatable bonds is 6. The minimum absolute atomic E-state index is 0.337. The SMILES string of the molecule is Cc1nc(C(C)NCC(C(C)C)N2CCN(C)CC2)cs1. The van der Waals surface area contributed by atoms with Crippen LogP contribution in [0.3, 0.4) is 0 Å². The summed E-state index contributed by atoms with van der Waals surface area (Å²) in [6, 6.07) is 0.949. The van der Waals surface area contributed by atoms with E-state index < -0.39 is 0 Å². The number of aryl methyl sites for hydroxylation is 1. The van der Waals surface area contributed by atoms with Crippen LogP contribution in [-0.2, 0) is 0 Å². The summed E-state index contributed by atoms with van der Waals surface area (Å²) in [4.78, 5) is 9.66. The predicted octanol–water partition coefficient (Wildman–Crippen LogP) is 2.37. The first kappa shape index (κ1) is 16.9. The van der Waals surface area contributed by atoms with Gasteiger partial charge in [-0.05, 0) is 26.8 Å². The van der Waals surface area contributed by atoms with Crippen molar-refractivity contribution >= 4 is 11.3 Å². The average molecular weight is 311 g/mol. The smallest absolute Gasteiger partial charge is 0.0898 e. The zero-order chi connectivity index (χ0) is 15.4.